The Morgan fingerprint density at radius 3 is 2.18 bits per heavy atom. The van der Waals surface area contributed by atoms with Crippen molar-refractivity contribution >= 4 is 23.2 Å². The van der Waals surface area contributed by atoms with Gasteiger partial charge in [0.05, 0.1) is 12.6 Å². The molecule has 1 atom stereocenters. The van der Waals surface area contributed by atoms with Crippen molar-refractivity contribution in [2.24, 2.45) is 0 Å². The number of likely N-dealkylation sites (N-methyl/N-ethyl adjacent to an activating group) is 1. The molecule has 2 N–H and O–H groups in total. The average molecular weight is 382 g/mol. The Balaban J connectivity index is 2.00. The molecular weight excluding hydrogens is 350 g/mol. The van der Waals surface area contributed by atoms with Gasteiger partial charge in [-0.2, -0.15) is 0 Å². The van der Waals surface area contributed by atoms with E-state index in [0.717, 1.165) is 33.6 Å². The largest absolute Gasteiger partial charge is 0.325 e. The zero-order valence-electron chi connectivity index (χ0n) is 17.9. The fourth-order valence-corrected chi connectivity index (χ4v) is 3.24. The lowest BCUT2D eigenvalue weighted by atomic mass is 10.0. The molecule has 0 bridgehead atoms. The van der Waals surface area contributed by atoms with Crippen molar-refractivity contribution < 1.29 is 9.59 Å². The van der Waals surface area contributed by atoms with Gasteiger partial charge in [-0.25, -0.2) is 0 Å². The number of nitrogens with one attached hydrogen (secondary N) is 2. The molecule has 0 aliphatic carbocycles. The van der Waals surface area contributed by atoms with Crippen LogP contribution < -0.4 is 10.6 Å². The summed E-state index contributed by atoms with van der Waals surface area (Å²) in [4.78, 5) is 26.9. The minimum Gasteiger partial charge on any atom is -0.325 e. The summed E-state index contributed by atoms with van der Waals surface area (Å²) in [7, 11) is 1.78. The Kier molecular flexibility index (Phi) is 6.97. The number of nitrogens with zero attached hydrogens (tertiary/aromatic N) is 1. The van der Waals surface area contributed by atoms with Crippen LogP contribution in [0.2, 0.25) is 0 Å². The third-order valence-electron chi connectivity index (χ3n) is 5.24. The van der Waals surface area contributed by atoms with E-state index in [9.17, 15) is 9.59 Å². The topological polar surface area (TPSA) is 61.4 Å². The second-order valence-electron chi connectivity index (χ2n) is 7.65. The van der Waals surface area contributed by atoms with Gasteiger partial charge in [0.15, 0.2) is 0 Å². The van der Waals surface area contributed by atoms with Crippen LogP contribution in [0.15, 0.2) is 30.3 Å². The van der Waals surface area contributed by atoms with E-state index in [0.29, 0.717) is 0 Å². The number of aryl methyl sites for hydroxylation is 4. The van der Waals surface area contributed by atoms with Gasteiger partial charge in [0, 0.05) is 11.4 Å². The van der Waals surface area contributed by atoms with Crippen molar-refractivity contribution in [1.29, 1.82) is 0 Å². The molecule has 0 spiro atoms. The van der Waals surface area contributed by atoms with E-state index in [2.05, 4.69) is 22.8 Å². The smallest absolute Gasteiger partial charge is 0.241 e. The van der Waals surface area contributed by atoms with Crippen LogP contribution in [-0.4, -0.2) is 36.3 Å². The SMILES string of the molecule is Cc1cc(C)c(NC(=O)[C@@H](C)N(C)CC(=O)Nc2cccc(C)c2C)c(C)c1. The maximum absolute atomic E-state index is 12.7. The summed E-state index contributed by atoms with van der Waals surface area (Å²) in [5.74, 6) is -0.268. The van der Waals surface area contributed by atoms with Gasteiger partial charge in [0.2, 0.25) is 11.8 Å². The highest BCUT2D eigenvalue weighted by Crippen LogP contribution is 2.22. The number of amides is 2. The quantitative estimate of drug-likeness (QED) is 0.791. The summed E-state index contributed by atoms with van der Waals surface area (Å²) in [5, 5.41) is 5.95. The average Bonchev–Trinajstić information content (AvgIpc) is 2.61. The number of hydrogen-bond donors (Lipinski definition) is 2. The molecule has 5 heteroatoms. The van der Waals surface area contributed by atoms with E-state index in [-0.39, 0.29) is 18.4 Å². The van der Waals surface area contributed by atoms with Crippen LogP contribution in [-0.2, 0) is 9.59 Å². The van der Waals surface area contributed by atoms with Crippen LogP contribution in [0.1, 0.15) is 34.7 Å². The van der Waals surface area contributed by atoms with Gasteiger partial charge in [0.1, 0.15) is 0 Å². The highest BCUT2D eigenvalue weighted by Gasteiger charge is 2.21. The molecule has 2 aromatic rings. The first kappa shape index (κ1) is 21.6. The molecule has 28 heavy (non-hydrogen) atoms. The molecule has 2 aromatic carbocycles. The summed E-state index contributed by atoms with van der Waals surface area (Å²) in [6, 6.07) is 9.48. The molecule has 2 rings (SSSR count). The van der Waals surface area contributed by atoms with Crippen molar-refractivity contribution in [3.63, 3.8) is 0 Å². The maximum atomic E-state index is 12.7. The fraction of sp³-hybridized carbons (Fsp3) is 0.391. The number of rotatable bonds is 6. The Morgan fingerprint density at radius 1 is 0.964 bits per heavy atom. The fourth-order valence-electron chi connectivity index (χ4n) is 3.24. The van der Waals surface area contributed by atoms with E-state index in [4.69, 9.17) is 0 Å². The summed E-state index contributed by atoms with van der Waals surface area (Å²) in [5.41, 5.74) is 7.07. The maximum Gasteiger partial charge on any atom is 0.241 e. The molecule has 0 heterocycles. The second kappa shape index (κ2) is 9.02. The normalized spacial score (nSPS) is 12.0. The number of carbonyl (C=O) groups excluding carboxylic acids is 2. The predicted octanol–water partition coefficient (Wildman–Crippen LogP) is 4.13. The first-order valence-corrected chi connectivity index (χ1v) is 9.55. The zero-order chi connectivity index (χ0) is 21.0. The number of carbonyl (C=O) groups is 2. The van der Waals surface area contributed by atoms with Gasteiger partial charge in [-0.15, -0.1) is 0 Å². The van der Waals surface area contributed by atoms with E-state index in [1.54, 1.807) is 18.9 Å². The molecule has 0 radical (unpaired) electrons. The Hall–Kier alpha value is -2.66. The van der Waals surface area contributed by atoms with Gasteiger partial charge < -0.3 is 10.6 Å². The minimum atomic E-state index is -0.440. The molecule has 0 unspecified atom stereocenters. The van der Waals surface area contributed by atoms with Crippen molar-refractivity contribution in [3.05, 3.63) is 58.1 Å². The van der Waals surface area contributed by atoms with Gasteiger partial charge in [-0.05, 0) is 76.9 Å². The van der Waals surface area contributed by atoms with Crippen LogP contribution in [0.25, 0.3) is 0 Å². The third-order valence-corrected chi connectivity index (χ3v) is 5.24. The third kappa shape index (κ3) is 5.20. The summed E-state index contributed by atoms with van der Waals surface area (Å²) in [6.45, 7) is 11.9. The van der Waals surface area contributed by atoms with Gasteiger partial charge in [-0.3, -0.25) is 14.5 Å². The molecule has 0 aliphatic rings. The van der Waals surface area contributed by atoms with Crippen molar-refractivity contribution in [2.75, 3.05) is 24.2 Å². The van der Waals surface area contributed by atoms with Gasteiger partial charge in [-0.1, -0.05) is 29.8 Å². The second-order valence-corrected chi connectivity index (χ2v) is 7.65. The lowest BCUT2D eigenvalue weighted by Crippen LogP contribution is -2.43. The lowest BCUT2D eigenvalue weighted by molar-refractivity contribution is -0.122. The molecule has 2 amide bonds. The van der Waals surface area contributed by atoms with Gasteiger partial charge >= 0.3 is 0 Å². The molecule has 0 saturated heterocycles. The number of anilines is 2. The van der Waals surface area contributed by atoms with E-state index in [1.165, 1.54) is 5.56 Å². The monoisotopic (exact) mass is 381 g/mol. The number of hydrogen-bond acceptors (Lipinski definition) is 3. The first-order valence-electron chi connectivity index (χ1n) is 9.55. The summed E-state index contributed by atoms with van der Waals surface area (Å²) < 4.78 is 0. The van der Waals surface area contributed by atoms with E-state index >= 15 is 0 Å². The first-order chi connectivity index (χ1) is 13.1. The molecule has 150 valence electrons. The van der Waals surface area contributed by atoms with Crippen molar-refractivity contribution in [1.82, 2.24) is 4.90 Å². The molecular formula is C23H31N3O2. The van der Waals surface area contributed by atoms with Crippen LogP contribution >= 0.6 is 0 Å². The molecule has 0 fully saturated rings. The van der Waals surface area contributed by atoms with E-state index < -0.39 is 6.04 Å². The molecule has 0 saturated carbocycles. The zero-order valence-corrected chi connectivity index (χ0v) is 17.9. The molecule has 5 nitrogen and oxygen atoms in total. The highest BCUT2D eigenvalue weighted by atomic mass is 16.2. The number of benzene rings is 2. The minimum absolute atomic E-state index is 0.128. The predicted molar refractivity (Wildman–Crippen MR) is 116 cm³/mol. The Bertz CT molecular complexity index is 866. The Labute approximate surface area is 168 Å². The highest BCUT2D eigenvalue weighted by molar-refractivity contribution is 5.97. The Morgan fingerprint density at radius 2 is 1.57 bits per heavy atom. The van der Waals surface area contributed by atoms with Crippen LogP contribution in [0, 0.1) is 34.6 Å². The van der Waals surface area contributed by atoms with Crippen molar-refractivity contribution in [3.8, 4) is 0 Å². The van der Waals surface area contributed by atoms with Crippen LogP contribution in [0.5, 0.6) is 0 Å². The molecule has 0 aromatic heterocycles. The van der Waals surface area contributed by atoms with Gasteiger partial charge in [0.25, 0.3) is 0 Å². The standard InChI is InChI=1S/C23H31N3O2/c1-14-11-16(3)22(17(4)12-14)25-23(28)19(6)26(7)13-21(27)24-20-10-8-9-15(2)18(20)5/h8-12,19H,13H2,1-7H3,(H,24,27)(H,25,28)/t19-/m1/s1. The molecule has 0 aliphatic heterocycles. The van der Waals surface area contributed by atoms with E-state index in [1.807, 2.05) is 52.8 Å². The van der Waals surface area contributed by atoms with Crippen LogP contribution in [0.3, 0.4) is 0 Å². The summed E-state index contributed by atoms with van der Waals surface area (Å²) in [6.07, 6.45) is 0. The summed E-state index contributed by atoms with van der Waals surface area (Å²) >= 11 is 0. The lowest BCUT2D eigenvalue weighted by Gasteiger charge is -2.24. The van der Waals surface area contributed by atoms with Crippen molar-refractivity contribution in [2.45, 2.75) is 47.6 Å². The van der Waals surface area contributed by atoms with Crippen LogP contribution in [0.4, 0.5) is 11.4 Å².